The molecule has 2 aromatic carbocycles. The lowest BCUT2D eigenvalue weighted by Gasteiger charge is -2.43. The van der Waals surface area contributed by atoms with Gasteiger partial charge in [0, 0.05) is 17.6 Å². The zero-order chi connectivity index (χ0) is 16.0. The maximum atomic E-state index is 13.1. The summed E-state index contributed by atoms with van der Waals surface area (Å²) in [6.07, 6.45) is 2.53. The van der Waals surface area contributed by atoms with E-state index in [-0.39, 0.29) is 11.4 Å². The van der Waals surface area contributed by atoms with Gasteiger partial charge in [-0.15, -0.1) is 0 Å². The summed E-state index contributed by atoms with van der Waals surface area (Å²) in [6.45, 7) is 4.92. The molecular formula is C19H19N3O. The van der Waals surface area contributed by atoms with Gasteiger partial charge in [-0.05, 0) is 49.6 Å². The van der Waals surface area contributed by atoms with E-state index in [2.05, 4.69) is 42.0 Å². The summed E-state index contributed by atoms with van der Waals surface area (Å²) in [5, 5.41) is 0. The van der Waals surface area contributed by atoms with Crippen LogP contribution >= 0.6 is 0 Å². The van der Waals surface area contributed by atoms with E-state index < -0.39 is 0 Å². The Labute approximate surface area is 135 Å². The number of carbonyl (C=O) groups excluding carboxylic acids is 1. The lowest BCUT2D eigenvalue weighted by Crippen LogP contribution is -2.51. The van der Waals surface area contributed by atoms with Gasteiger partial charge >= 0.3 is 0 Å². The molecule has 3 aromatic rings. The number of amides is 1. The molecule has 4 heteroatoms. The Morgan fingerprint density at radius 2 is 1.96 bits per heavy atom. The van der Waals surface area contributed by atoms with Crippen molar-refractivity contribution in [2.75, 3.05) is 0 Å². The second-order valence-electron chi connectivity index (χ2n) is 6.78. The van der Waals surface area contributed by atoms with Crippen LogP contribution in [0, 0.1) is 0 Å². The first kappa shape index (κ1) is 14.0. The molecule has 0 saturated heterocycles. The third-order valence-electron chi connectivity index (χ3n) is 4.71. The second-order valence-corrected chi connectivity index (χ2v) is 6.78. The number of H-pyrrole nitrogens is 1. The summed E-state index contributed by atoms with van der Waals surface area (Å²) in [5.41, 5.74) is 4.85. The van der Waals surface area contributed by atoms with E-state index in [1.54, 1.807) is 6.33 Å². The second kappa shape index (κ2) is 4.95. The Morgan fingerprint density at radius 3 is 2.78 bits per heavy atom. The summed E-state index contributed by atoms with van der Waals surface area (Å²) >= 11 is 0. The predicted molar refractivity (Wildman–Crippen MR) is 90.2 cm³/mol. The van der Waals surface area contributed by atoms with Crippen LogP contribution in [0.2, 0.25) is 0 Å². The van der Waals surface area contributed by atoms with Gasteiger partial charge in [0.05, 0.1) is 17.4 Å². The summed E-state index contributed by atoms with van der Waals surface area (Å²) < 4.78 is 0. The number of rotatable bonds is 1. The molecule has 23 heavy (non-hydrogen) atoms. The Morgan fingerprint density at radius 1 is 1.17 bits per heavy atom. The average molecular weight is 305 g/mol. The van der Waals surface area contributed by atoms with E-state index in [0.29, 0.717) is 12.1 Å². The standard InChI is InChI=1S/C19H19N3O/c1-19(2)10-14-5-3-4-6-15(14)11-22(19)18(23)13-7-8-16-17(9-13)21-12-20-16/h3-9,12H,10-11H2,1-2H3,(H,20,21). The van der Waals surface area contributed by atoms with Gasteiger partial charge in [0.15, 0.2) is 0 Å². The Hall–Kier alpha value is -2.62. The number of aromatic nitrogens is 2. The molecule has 4 rings (SSSR count). The lowest BCUT2D eigenvalue weighted by atomic mass is 9.85. The fourth-order valence-electron chi connectivity index (χ4n) is 3.40. The van der Waals surface area contributed by atoms with Gasteiger partial charge < -0.3 is 9.88 Å². The maximum absolute atomic E-state index is 13.1. The van der Waals surface area contributed by atoms with Crippen molar-refractivity contribution in [3.63, 3.8) is 0 Å². The first-order valence-corrected chi connectivity index (χ1v) is 7.86. The van der Waals surface area contributed by atoms with Gasteiger partial charge in [-0.1, -0.05) is 24.3 Å². The van der Waals surface area contributed by atoms with E-state index in [1.807, 2.05) is 29.2 Å². The highest BCUT2D eigenvalue weighted by Crippen LogP contribution is 2.32. The van der Waals surface area contributed by atoms with Crippen molar-refractivity contribution in [2.45, 2.75) is 32.4 Å². The molecule has 0 atom stereocenters. The van der Waals surface area contributed by atoms with Gasteiger partial charge in [0.1, 0.15) is 0 Å². The maximum Gasteiger partial charge on any atom is 0.254 e. The van der Waals surface area contributed by atoms with Crippen LogP contribution in [0.25, 0.3) is 11.0 Å². The predicted octanol–water partition coefficient (Wildman–Crippen LogP) is 3.54. The Kier molecular flexibility index (Phi) is 3.01. The molecule has 1 amide bonds. The first-order chi connectivity index (χ1) is 11.0. The van der Waals surface area contributed by atoms with Crippen molar-refractivity contribution >= 4 is 16.9 Å². The summed E-state index contributed by atoms with van der Waals surface area (Å²) in [7, 11) is 0. The molecule has 1 aliphatic rings. The first-order valence-electron chi connectivity index (χ1n) is 7.86. The van der Waals surface area contributed by atoms with Crippen molar-refractivity contribution in [1.82, 2.24) is 14.9 Å². The molecule has 0 unspecified atom stereocenters. The molecule has 0 spiro atoms. The minimum absolute atomic E-state index is 0.0704. The third-order valence-corrected chi connectivity index (χ3v) is 4.71. The average Bonchev–Trinajstić information content (AvgIpc) is 3.00. The van der Waals surface area contributed by atoms with E-state index >= 15 is 0 Å². The van der Waals surface area contributed by atoms with Crippen molar-refractivity contribution in [3.8, 4) is 0 Å². The fourth-order valence-corrected chi connectivity index (χ4v) is 3.40. The van der Waals surface area contributed by atoms with Crippen LogP contribution in [0.3, 0.4) is 0 Å². The SMILES string of the molecule is CC1(C)Cc2ccccc2CN1C(=O)c1ccc2nc[nH]c2c1. The Balaban J connectivity index is 1.72. The number of nitrogens with zero attached hydrogens (tertiary/aromatic N) is 2. The normalized spacial score (nSPS) is 16.3. The summed E-state index contributed by atoms with van der Waals surface area (Å²) in [5.74, 6) is 0.0704. The van der Waals surface area contributed by atoms with Gasteiger partial charge in [-0.2, -0.15) is 0 Å². The summed E-state index contributed by atoms with van der Waals surface area (Å²) in [4.78, 5) is 22.3. The van der Waals surface area contributed by atoms with Gasteiger partial charge in [-0.25, -0.2) is 4.98 Å². The number of nitrogens with one attached hydrogen (secondary N) is 1. The lowest BCUT2D eigenvalue weighted by molar-refractivity contribution is 0.0489. The number of benzene rings is 2. The number of hydrogen-bond donors (Lipinski definition) is 1. The molecule has 116 valence electrons. The van der Waals surface area contributed by atoms with Crippen LogP contribution in [0.1, 0.15) is 35.3 Å². The molecular weight excluding hydrogens is 286 g/mol. The molecule has 0 radical (unpaired) electrons. The van der Waals surface area contributed by atoms with E-state index in [0.717, 1.165) is 17.5 Å². The number of fused-ring (bicyclic) bond motifs is 2. The van der Waals surface area contributed by atoms with Crippen molar-refractivity contribution in [2.24, 2.45) is 0 Å². The van der Waals surface area contributed by atoms with Crippen LogP contribution in [-0.2, 0) is 13.0 Å². The number of aromatic amines is 1. The van der Waals surface area contributed by atoms with Gasteiger partial charge in [0.25, 0.3) is 5.91 Å². The largest absolute Gasteiger partial charge is 0.345 e. The number of carbonyl (C=O) groups is 1. The minimum Gasteiger partial charge on any atom is -0.345 e. The van der Waals surface area contributed by atoms with E-state index in [9.17, 15) is 4.79 Å². The van der Waals surface area contributed by atoms with Crippen LogP contribution in [0.5, 0.6) is 0 Å². The summed E-state index contributed by atoms with van der Waals surface area (Å²) in [6, 6.07) is 14.0. The monoisotopic (exact) mass is 305 g/mol. The zero-order valence-corrected chi connectivity index (χ0v) is 13.3. The molecule has 0 bridgehead atoms. The van der Waals surface area contributed by atoms with Crippen LogP contribution in [0.15, 0.2) is 48.8 Å². The molecule has 1 aliphatic heterocycles. The van der Waals surface area contributed by atoms with Gasteiger partial charge in [0.2, 0.25) is 0 Å². The molecule has 4 nitrogen and oxygen atoms in total. The van der Waals surface area contributed by atoms with Crippen molar-refractivity contribution in [3.05, 3.63) is 65.5 Å². The molecule has 1 aromatic heterocycles. The molecule has 0 fully saturated rings. The molecule has 0 aliphatic carbocycles. The molecule has 1 N–H and O–H groups in total. The zero-order valence-electron chi connectivity index (χ0n) is 13.3. The van der Waals surface area contributed by atoms with Crippen LogP contribution in [-0.4, -0.2) is 26.3 Å². The highest BCUT2D eigenvalue weighted by molar-refractivity contribution is 5.97. The van der Waals surface area contributed by atoms with Crippen LogP contribution < -0.4 is 0 Å². The fraction of sp³-hybridized carbons (Fsp3) is 0.263. The van der Waals surface area contributed by atoms with Crippen LogP contribution in [0.4, 0.5) is 0 Å². The Bertz CT molecular complexity index is 894. The smallest absolute Gasteiger partial charge is 0.254 e. The van der Waals surface area contributed by atoms with E-state index in [4.69, 9.17) is 0 Å². The minimum atomic E-state index is -0.200. The van der Waals surface area contributed by atoms with Crippen molar-refractivity contribution in [1.29, 1.82) is 0 Å². The highest BCUT2D eigenvalue weighted by Gasteiger charge is 2.36. The number of imidazole rings is 1. The quantitative estimate of drug-likeness (QED) is 0.747. The topological polar surface area (TPSA) is 49.0 Å². The van der Waals surface area contributed by atoms with E-state index in [1.165, 1.54) is 11.1 Å². The molecule has 0 saturated carbocycles. The highest BCUT2D eigenvalue weighted by atomic mass is 16.2. The number of hydrogen-bond acceptors (Lipinski definition) is 2. The molecule has 2 heterocycles. The van der Waals surface area contributed by atoms with Gasteiger partial charge in [-0.3, -0.25) is 4.79 Å². The van der Waals surface area contributed by atoms with Crippen molar-refractivity contribution < 1.29 is 4.79 Å². The third kappa shape index (κ3) is 2.31.